The van der Waals surface area contributed by atoms with Crippen LogP contribution in [0.15, 0.2) is 17.0 Å². The number of rotatable bonds is 2. The van der Waals surface area contributed by atoms with Crippen molar-refractivity contribution >= 4 is 18.3 Å². The van der Waals surface area contributed by atoms with Crippen molar-refractivity contribution in [3.05, 3.63) is 27.8 Å². The molecule has 0 fully saturated rings. The molecule has 0 saturated carbocycles. The maximum Gasteiger partial charge on any atom is 0.329 e. The van der Waals surface area contributed by atoms with Gasteiger partial charge in [-0.2, -0.15) is 5.26 Å². The highest BCUT2D eigenvalue weighted by Crippen LogP contribution is 2.35. The Kier molecular flexibility index (Phi) is 2.94. The Morgan fingerprint density at radius 3 is 2.71 bits per heavy atom. The van der Waals surface area contributed by atoms with E-state index in [2.05, 4.69) is 12.6 Å². The minimum Gasteiger partial charge on any atom is -0.489 e. The fourth-order valence-corrected chi connectivity index (χ4v) is 1.30. The van der Waals surface area contributed by atoms with Gasteiger partial charge in [-0.3, -0.25) is 10.1 Å². The van der Waals surface area contributed by atoms with E-state index in [4.69, 9.17) is 10.00 Å². The Hall–Kier alpha value is -1.74. The first kappa shape index (κ1) is 10.3. The van der Waals surface area contributed by atoms with Crippen molar-refractivity contribution in [3.63, 3.8) is 0 Å². The zero-order chi connectivity index (χ0) is 10.7. The minimum atomic E-state index is -0.656. The van der Waals surface area contributed by atoms with E-state index in [0.29, 0.717) is 4.90 Å². The van der Waals surface area contributed by atoms with Crippen molar-refractivity contribution in [1.29, 1.82) is 5.26 Å². The summed E-state index contributed by atoms with van der Waals surface area (Å²) >= 11 is 3.99. The second-order valence-electron chi connectivity index (χ2n) is 2.38. The van der Waals surface area contributed by atoms with E-state index in [9.17, 15) is 10.1 Å². The van der Waals surface area contributed by atoms with E-state index in [0.717, 1.165) is 0 Å². The molecule has 5 nitrogen and oxygen atoms in total. The fourth-order valence-electron chi connectivity index (χ4n) is 1.03. The summed E-state index contributed by atoms with van der Waals surface area (Å²) in [5.74, 6) is 0.0115. The first-order valence-electron chi connectivity index (χ1n) is 3.56. The quantitative estimate of drug-likeness (QED) is 0.458. The Balaban J connectivity index is 3.54. The van der Waals surface area contributed by atoms with E-state index in [1.807, 2.05) is 0 Å². The van der Waals surface area contributed by atoms with Crippen molar-refractivity contribution in [2.24, 2.45) is 0 Å². The van der Waals surface area contributed by atoms with Crippen molar-refractivity contribution in [2.45, 2.75) is 4.90 Å². The molecule has 0 amide bonds. The van der Waals surface area contributed by atoms with E-state index in [1.54, 1.807) is 6.07 Å². The number of methoxy groups -OCH3 is 1. The molecule has 6 heteroatoms. The Labute approximate surface area is 85.5 Å². The molecule has 0 aliphatic carbocycles. The third-order valence-electron chi connectivity index (χ3n) is 1.62. The van der Waals surface area contributed by atoms with Crippen LogP contribution in [0.1, 0.15) is 5.56 Å². The molecule has 0 heterocycles. The summed E-state index contributed by atoms with van der Waals surface area (Å²) in [7, 11) is 1.29. The van der Waals surface area contributed by atoms with Gasteiger partial charge in [-0.25, -0.2) is 0 Å². The number of hydrogen-bond acceptors (Lipinski definition) is 5. The van der Waals surface area contributed by atoms with Crippen LogP contribution in [-0.2, 0) is 0 Å². The number of benzene rings is 1. The molecule has 0 N–H and O–H groups in total. The highest BCUT2D eigenvalue weighted by atomic mass is 32.1. The number of nitro benzene ring substituents is 1. The van der Waals surface area contributed by atoms with Crippen molar-refractivity contribution in [2.75, 3.05) is 7.11 Å². The SMILES string of the molecule is COc1c(S)ccc(C#N)c1[N+](=O)[O-]. The van der Waals surface area contributed by atoms with Crippen LogP contribution in [0.25, 0.3) is 0 Å². The molecule has 0 radical (unpaired) electrons. The lowest BCUT2D eigenvalue weighted by Crippen LogP contribution is -1.97. The lowest BCUT2D eigenvalue weighted by Gasteiger charge is -2.04. The molecule has 0 saturated heterocycles. The van der Waals surface area contributed by atoms with E-state index >= 15 is 0 Å². The van der Waals surface area contributed by atoms with Gasteiger partial charge in [0.1, 0.15) is 11.6 Å². The molecular weight excluding hydrogens is 204 g/mol. The van der Waals surface area contributed by atoms with Gasteiger partial charge in [0, 0.05) is 0 Å². The van der Waals surface area contributed by atoms with Crippen molar-refractivity contribution < 1.29 is 9.66 Å². The molecule has 1 aromatic rings. The Bertz CT molecular complexity index is 425. The highest BCUT2D eigenvalue weighted by molar-refractivity contribution is 7.80. The van der Waals surface area contributed by atoms with Crippen LogP contribution in [0, 0.1) is 21.4 Å². The molecule has 0 atom stereocenters. The average molecular weight is 210 g/mol. The minimum absolute atomic E-state index is 0.0115. The lowest BCUT2D eigenvalue weighted by atomic mass is 10.2. The number of nitrogens with zero attached hydrogens (tertiary/aromatic N) is 2. The van der Waals surface area contributed by atoms with Crippen molar-refractivity contribution in [1.82, 2.24) is 0 Å². The average Bonchev–Trinajstić information content (AvgIpc) is 2.17. The van der Waals surface area contributed by atoms with Crippen LogP contribution < -0.4 is 4.74 Å². The van der Waals surface area contributed by atoms with Gasteiger partial charge in [-0.15, -0.1) is 12.6 Å². The van der Waals surface area contributed by atoms with Crippen LogP contribution in [0.3, 0.4) is 0 Å². The second-order valence-corrected chi connectivity index (χ2v) is 2.86. The standard InChI is InChI=1S/C8H6N2O3S/c1-13-8-6(14)3-2-5(4-9)7(8)10(11)12/h2-3,14H,1H3. The third kappa shape index (κ3) is 1.63. The van der Waals surface area contributed by atoms with E-state index in [-0.39, 0.29) is 17.0 Å². The summed E-state index contributed by atoms with van der Waals surface area (Å²) in [6.07, 6.45) is 0. The lowest BCUT2D eigenvalue weighted by molar-refractivity contribution is -0.386. The molecule has 0 unspecified atom stereocenters. The van der Waals surface area contributed by atoms with Gasteiger partial charge in [0.2, 0.25) is 5.75 Å². The summed E-state index contributed by atoms with van der Waals surface area (Å²) in [6, 6.07) is 4.54. The summed E-state index contributed by atoms with van der Waals surface area (Å²) in [5.41, 5.74) is -0.382. The molecule has 0 aliphatic heterocycles. The largest absolute Gasteiger partial charge is 0.489 e. The van der Waals surface area contributed by atoms with Gasteiger partial charge in [-0.05, 0) is 12.1 Å². The molecule has 0 aromatic heterocycles. The first-order valence-corrected chi connectivity index (χ1v) is 4.01. The third-order valence-corrected chi connectivity index (χ3v) is 1.97. The maximum absolute atomic E-state index is 10.7. The van der Waals surface area contributed by atoms with Crippen LogP contribution in [0.4, 0.5) is 5.69 Å². The van der Waals surface area contributed by atoms with Crippen LogP contribution in [0.2, 0.25) is 0 Å². The number of ether oxygens (including phenoxy) is 1. The van der Waals surface area contributed by atoms with Gasteiger partial charge >= 0.3 is 5.69 Å². The monoisotopic (exact) mass is 210 g/mol. The summed E-state index contributed by atoms with van der Waals surface area (Å²) in [6.45, 7) is 0. The molecule has 1 aromatic carbocycles. The topological polar surface area (TPSA) is 76.2 Å². The zero-order valence-corrected chi connectivity index (χ0v) is 8.12. The number of hydrogen-bond donors (Lipinski definition) is 1. The molecule has 0 bridgehead atoms. The van der Waals surface area contributed by atoms with Crippen LogP contribution in [0.5, 0.6) is 5.75 Å². The summed E-state index contributed by atoms with van der Waals surface area (Å²) in [5, 5.41) is 19.3. The van der Waals surface area contributed by atoms with Gasteiger partial charge in [0.25, 0.3) is 0 Å². The van der Waals surface area contributed by atoms with Crippen molar-refractivity contribution in [3.8, 4) is 11.8 Å². The second kappa shape index (κ2) is 3.98. The van der Waals surface area contributed by atoms with Crippen LogP contribution >= 0.6 is 12.6 Å². The molecule has 72 valence electrons. The molecule has 14 heavy (non-hydrogen) atoms. The number of nitriles is 1. The predicted octanol–water partition coefficient (Wildman–Crippen LogP) is 1.76. The van der Waals surface area contributed by atoms with Crippen LogP contribution in [-0.4, -0.2) is 12.0 Å². The van der Waals surface area contributed by atoms with E-state index < -0.39 is 4.92 Å². The molecule has 1 rings (SSSR count). The summed E-state index contributed by atoms with van der Waals surface area (Å²) < 4.78 is 4.81. The fraction of sp³-hybridized carbons (Fsp3) is 0.125. The van der Waals surface area contributed by atoms with Gasteiger partial charge < -0.3 is 4.74 Å². The van der Waals surface area contributed by atoms with Gasteiger partial charge in [0.15, 0.2) is 0 Å². The number of nitro groups is 1. The molecular formula is C8H6N2O3S. The molecule has 0 spiro atoms. The normalized spacial score (nSPS) is 9.21. The summed E-state index contributed by atoms with van der Waals surface area (Å²) in [4.78, 5) is 10.3. The Morgan fingerprint density at radius 1 is 1.64 bits per heavy atom. The first-order chi connectivity index (χ1) is 6.61. The van der Waals surface area contributed by atoms with Gasteiger partial charge in [-0.1, -0.05) is 0 Å². The van der Waals surface area contributed by atoms with Gasteiger partial charge in [0.05, 0.1) is 16.9 Å². The molecule has 0 aliphatic rings. The smallest absolute Gasteiger partial charge is 0.329 e. The predicted molar refractivity (Wildman–Crippen MR) is 51.6 cm³/mol. The Morgan fingerprint density at radius 2 is 2.29 bits per heavy atom. The number of thiol groups is 1. The van der Waals surface area contributed by atoms with E-state index in [1.165, 1.54) is 19.2 Å². The highest BCUT2D eigenvalue weighted by Gasteiger charge is 2.22. The maximum atomic E-state index is 10.7. The zero-order valence-electron chi connectivity index (χ0n) is 7.22.